The van der Waals surface area contributed by atoms with E-state index >= 15 is 0 Å². The van der Waals surface area contributed by atoms with Gasteiger partial charge in [-0.25, -0.2) is 4.79 Å². The van der Waals surface area contributed by atoms with Crippen LogP contribution in [0.3, 0.4) is 0 Å². The molecule has 0 unspecified atom stereocenters. The van der Waals surface area contributed by atoms with Gasteiger partial charge in [-0.1, -0.05) is 19.9 Å². The van der Waals surface area contributed by atoms with Crippen LogP contribution in [-0.4, -0.2) is 11.7 Å². The van der Waals surface area contributed by atoms with E-state index in [0.29, 0.717) is 11.6 Å². The van der Waals surface area contributed by atoms with Crippen LogP contribution in [0.2, 0.25) is 0 Å². The minimum Gasteiger partial charge on any atom is -0.444 e. The predicted molar refractivity (Wildman–Crippen MR) is 69.2 cm³/mol. The topological polar surface area (TPSA) is 38.3 Å². The number of carbonyl (C=O) groups excluding carboxylic acids is 1. The summed E-state index contributed by atoms with van der Waals surface area (Å²) in [5.74, 6) is 0.409. The smallest absolute Gasteiger partial charge is 0.412 e. The standard InChI is InChI=1S/C14H20NO2/c1-10(2)11-7-6-8-12(9-11)15-13(16)17-14(3,4)5/h7-10H,1-5H3,(H,15,16). The summed E-state index contributed by atoms with van der Waals surface area (Å²) < 4.78 is 5.18. The number of anilines is 1. The molecule has 0 bridgehead atoms. The van der Waals surface area contributed by atoms with Crippen molar-refractivity contribution in [1.82, 2.24) is 0 Å². The molecular formula is C14H20NO2. The Kier molecular flexibility index (Phi) is 4.16. The minimum atomic E-state index is -0.483. The quantitative estimate of drug-likeness (QED) is 0.841. The normalized spacial score (nSPS) is 11.4. The summed E-state index contributed by atoms with van der Waals surface area (Å²) in [6, 6.07) is 8.60. The Hall–Kier alpha value is -1.51. The second-order valence-corrected chi connectivity index (χ2v) is 5.34. The lowest BCUT2D eigenvalue weighted by Gasteiger charge is -2.19. The van der Waals surface area contributed by atoms with Crippen LogP contribution in [-0.2, 0) is 4.74 Å². The summed E-state index contributed by atoms with van der Waals surface area (Å²) >= 11 is 0. The highest BCUT2D eigenvalue weighted by atomic mass is 16.6. The Bertz CT molecular complexity index is 391. The molecular weight excluding hydrogens is 214 g/mol. The third-order valence-corrected chi connectivity index (χ3v) is 2.12. The van der Waals surface area contributed by atoms with Crippen LogP contribution in [0.4, 0.5) is 10.5 Å². The van der Waals surface area contributed by atoms with E-state index in [1.807, 2.05) is 32.9 Å². The summed E-state index contributed by atoms with van der Waals surface area (Å²) in [5.41, 5.74) is 1.37. The van der Waals surface area contributed by atoms with Gasteiger partial charge in [0.25, 0.3) is 0 Å². The highest BCUT2D eigenvalue weighted by molar-refractivity contribution is 5.84. The molecule has 0 aliphatic carbocycles. The first kappa shape index (κ1) is 13.6. The zero-order valence-corrected chi connectivity index (χ0v) is 11.1. The van der Waals surface area contributed by atoms with Gasteiger partial charge in [0.2, 0.25) is 0 Å². The van der Waals surface area contributed by atoms with E-state index in [4.69, 9.17) is 4.74 Å². The number of hydrogen-bond donors (Lipinski definition) is 1. The molecule has 0 saturated carbocycles. The van der Waals surface area contributed by atoms with Crippen LogP contribution < -0.4 is 5.32 Å². The monoisotopic (exact) mass is 234 g/mol. The third-order valence-electron chi connectivity index (χ3n) is 2.12. The van der Waals surface area contributed by atoms with Crippen LogP contribution >= 0.6 is 0 Å². The van der Waals surface area contributed by atoms with Crippen LogP contribution in [0.15, 0.2) is 18.2 Å². The molecule has 1 rings (SSSR count). The van der Waals surface area contributed by atoms with Crippen molar-refractivity contribution >= 4 is 11.8 Å². The molecule has 1 radical (unpaired) electrons. The van der Waals surface area contributed by atoms with Crippen molar-refractivity contribution in [3.8, 4) is 0 Å². The number of nitrogens with one attached hydrogen (secondary N) is 1. The average molecular weight is 234 g/mol. The Morgan fingerprint density at radius 2 is 2.00 bits per heavy atom. The minimum absolute atomic E-state index is 0.409. The Morgan fingerprint density at radius 3 is 2.53 bits per heavy atom. The predicted octanol–water partition coefficient (Wildman–Crippen LogP) is 3.96. The van der Waals surface area contributed by atoms with Gasteiger partial charge in [-0.05, 0) is 50.5 Å². The van der Waals surface area contributed by atoms with Crippen molar-refractivity contribution in [2.24, 2.45) is 0 Å². The average Bonchev–Trinajstić information content (AvgIpc) is 2.14. The molecule has 3 heteroatoms. The number of amides is 1. The number of ether oxygens (including phenoxy) is 1. The molecule has 0 aromatic heterocycles. The summed E-state index contributed by atoms with van der Waals surface area (Å²) in [5, 5.41) is 2.70. The van der Waals surface area contributed by atoms with Crippen LogP contribution in [0.5, 0.6) is 0 Å². The maximum absolute atomic E-state index is 11.6. The summed E-state index contributed by atoms with van der Waals surface area (Å²) in [7, 11) is 0. The fourth-order valence-corrected chi connectivity index (χ4v) is 1.32. The lowest BCUT2D eigenvalue weighted by Crippen LogP contribution is -2.27. The molecule has 3 nitrogen and oxygen atoms in total. The van der Waals surface area contributed by atoms with Gasteiger partial charge in [0.1, 0.15) is 5.60 Å². The van der Waals surface area contributed by atoms with Gasteiger partial charge < -0.3 is 4.74 Å². The van der Waals surface area contributed by atoms with Gasteiger partial charge in [-0.2, -0.15) is 0 Å². The fraction of sp³-hybridized carbons (Fsp3) is 0.500. The Balaban J connectivity index is 2.69. The lowest BCUT2D eigenvalue weighted by molar-refractivity contribution is 0.0636. The lowest BCUT2D eigenvalue weighted by atomic mass is 10.0. The molecule has 0 fully saturated rings. The first-order chi connectivity index (χ1) is 7.78. The SMILES string of the molecule is CC(C)c1c[c]cc(NC(=O)OC(C)(C)C)c1. The Morgan fingerprint density at radius 1 is 1.35 bits per heavy atom. The van der Waals surface area contributed by atoms with E-state index in [1.54, 1.807) is 6.07 Å². The molecule has 1 aromatic carbocycles. The Labute approximate surface area is 103 Å². The molecule has 0 atom stereocenters. The first-order valence-electron chi connectivity index (χ1n) is 5.79. The molecule has 93 valence electrons. The van der Waals surface area contributed by atoms with Gasteiger partial charge in [-0.15, -0.1) is 0 Å². The molecule has 0 heterocycles. The molecule has 0 aliphatic rings. The largest absolute Gasteiger partial charge is 0.444 e. The van der Waals surface area contributed by atoms with E-state index in [1.165, 1.54) is 0 Å². The molecule has 1 N–H and O–H groups in total. The van der Waals surface area contributed by atoms with Crippen molar-refractivity contribution in [3.05, 3.63) is 29.8 Å². The molecule has 0 saturated heterocycles. The maximum atomic E-state index is 11.6. The van der Waals surface area contributed by atoms with Gasteiger partial charge in [0.15, 0.2) is 0 Å². The van der Waals surface area contributed by atoms with Gasteiger partial charge >= 0.3 is 6.09 Å². The van der Waals surface area contributed by atoms with Crippen molar-refractivity contribution in [2.45, 2.75) is 46.1 Å². The second-order valence-electron chi connectivity index (χ2n) is 5.34. The van der Waals surface area contributed by atoms with Crippen molar-refractivity contribution in [3.63, 3.8) is 0 Å². The number of carbonyl (C=O) groups is 1. The van der Waals surface area contributed by atoms with Crippen LogP contribution in [0.25, 0.3) is 0 Å². The summed E-state index contributed by atoms with van der Waals surface area (Å²) in [4.78, 5) is 11.6. The molecule has 1 amide bonds. The number of benzene rings is 1. The van der Waals surface area contributed by atoms with Gasteiger partial charge in [0.05, 0.1) is 0 Å². The first-order valence-corrected chi connectivity index (χ1v) is 5.79. The molecule has 0 spiro atoms. The molecule has 0 aliphatic heterocycles. The van der Waals surface area contributed by atoms with E-state index in [0.717, 1.165) is 5.56 Å². The second kappa shape index (κ2) is 5.21. The van der Waals surface area contributed by atoms with Crippen molar-refractivity contribution in [2.75, 3.05) is 5.32 Å². The highest BCUT2D eigenvalue weighted by Gasteiger charge is 2.16. The van der Waals surface area contributed by atoms with Crippen molar-refractivity contribution < 1.29 is 9.53 Å². The third kappa shape index (κ3) is 4.89. The van der Waals surface area contributed by atoms with Crippen LogP contribution in [0.1, 0.15) is 46.1 Å². The summed E-state index contributed by atoms with van der Waals surface area (Å²) in [6.07, 6.45) is -0.438. The highest BCUT2D eigenvalue weighted by Crippen LogP contribution is 2.18. The summed E-state index contributed by atoms with van der Waals surface area (Å²) in [6.45, 7) is 9.70. The van der Waals surface area contributed by atoms with Crippen LogP contribution in [0, 0.1) is 6.07 Å². The van der Waals surface area contributed by atoms with Crippen molar-refractivity contribution in [1.29, 1.82) is 0 Å². The number of rotatable bonds is 2. The molecule has 1 aromatic rings. The maximum Gasteiger partial charge on any atom is 0.412 e. The van der Waals surface area contributed by atoms with E-state index in [-0.39, 0.29) is 0 Å². The molecule has 17 heavy (non-hydrogen) atoms. The number of hydrogen-bond acceptors (Lipinski definition) is 2. The zero-order valence-electron chi connectivity index (χ0n) is 11.1. The van der Waals surface area contributed by atoms with Gasteiger partial charge in [0, 0.05) is 5.69 Å². The van der Waals surface area contributed by atoms with Gasteiger partial charge in [-0.3, -0.25) is 5.32 Å². The van der Waals surface area contributed by atoms with E-state index < -0.39 is 11.7 Å². The fourth-order valence-electron chi connectivity index (χ4n) is 1.32. The zero-order chi connectivity index (χ0) is 13.1. The van der Waals surface area contributed by atoms with E-state index in [9.17, 15) is 4.79 Å². The van der Waals surface area contributed by atoms with E-state index in [2.05, 4.69) is 25.2 Å².